The molecule has 22 heavy (non-hydrogen) atoms. The number of hydrogen-bond donors (Lipinski definition) is 0. The predicted molar refractivity (Wildman–Crippen MR) is 86.0 cm³/mol. The second kappa shape index (κ2) is 5.46. The Hall–Kier alpha value is -1.20. The summed E-state index contributed by atoms with van der Waals surface area (Å²) < 4.78 is 26.1. The van der Waals surface area contributed by atoms with Crippen molar-refractivity contribution in [3.05, 3.63) is 35.3 Å². The zero-order valence-corrected chi connectivity index (χ0v) is 13.7. The van der Waals surface area contributed by atoms with Crippen LogP contribution in [0.15, 0.2) is 24.1 Å². The molecule has 1 aromatic rings. The predicted octanol–water partition coefficient (Wildman–Crippen LogP) is 4.29. The van der Waals surface area contributed by atoms with Crippen molar-refractivity contribution < 1.29 is 13.7 Å². The molecule has 1 saturated carbocycles. The van der Waals surface area contributed by atoms with E-state index in [0.717, 1.165) is 24.1 Å². The fourth-order valence-corrected chi connectivity index (χ4v) is 2.75. The Labute approximate surface area is 132 Å². The van der Waals surface area contributed by atoms with E-state index in [1.165, 1.54) is 12.5 Å². The molecule has 2 aliphatic rings. The summed E-state index contributed by atoms with van der Waals surface area (Å²) in [7, 11) is -0.945. The third-order valence-corrected chi connectivity index (χ3v) is 5.13. The average molecular weight is 303 g/mol. The van der Waals surface area contributed by atoms with Crippen LogP contribution >= 0.6 is 0 Å². The van der Waals surface area contributed by atoms with Crippen molar-refractivity contribution in [2.75, 3.05) is 0 Å². The van der Waals surface area contributed by atoms with Gasteiger partial charge in [-0.25, -0.2) is 4.39 Å². The Kier molecular flexibility index (Phi) is 3.90. The van der Waals surface area contributed by atoms with E-state index in [1.807, 2.05) is 39.8 Å². The first-order chi connectivity index (χ1) is 10.3. The second-order valence-electron chi connectivity index (χ2n) is 7.22. The van der Waals surface area contributed by atoms with Gasteiger partial charge in [0.05, 0.1) is 16.9 Å². The molecule has 1 saturated heterocycles. The molecular weight excluding hydrogens is 280 g/mol. The van der Waals surface area contributed by atoms with Gasteiger partial charge < -0.3 is 9.31 Å². The molecule has 2 fully saturated rings. The zero-order valence-electron chi connectivity index (χ0n) is 13.7. The standard InChI is InChI=1S/C17H23BFNO2/c1-16(2)17(3,4)22-18(21-16)14(19)11-13-9-6-10-20-15(13)12-7-5-8-12/h6,9-12H,5,7-8H2,1-4H3. The van der Waals surface area contributed by atoms with Crippen molar-refractivity contribution in [1.29, 1.82) is 0 Å². The summed E-state index contributed by atoms with van der Waals surface area (Å²) in [6, 6.07) is 3.75. The van der Waals surface area contributed by atoms with Crippen LogP contribution in [0.5, 0.6) is 0 Å². The number of rotatable bonds is 3. The molecule has 0 N–H and O–H groups in total. The Morgan fingerprint density at radius 3 is 2.45 bits per heavy atom. The molecular formula is C17H23BFNO2. The molecule has 0 bridgehead atoms. The van der Waals surface area contributed by atoms with Crippen molar-refractivity contribution in [2.24, 2.45) is 0 Å². The number of hydrogen-bond acceptors (Lipinski definition) is 3. The lowest BCUT2D eigenvalue weighted by molar-refractivity contribution is 0.00578. The molecule has 1 aliphatic heterocycles. The molecule has 0 radical (unpaired) electrons. The van der Waals surface area contributed by atoms with Crippen molar-refractivity contribution >= 4 is 13.2 Å². The second-order valence-corrected chi connectivity index (χ2v) is 7.22. The van der Waals surface area contributed by atoms with Crippen molar-refractivity contribution in [1.82, 2.24) is 4.98 Å². The van der Waals surface area contributed by atoms with E-state index in [2.05, 4.69) is 4.98 Å². The van der Waals surface area contributed by atoms with Gasteiger partial charge in [-0.15, -0.1) is 0 Å². The van der Waals surface area contributed by atoms with Crippen LogP contribution in [0.4, 0.5) is 4.39 Å². The first-order valence-electron chi connectivity index (χ1n) is 7.98. The summed E-state index contributed by atoms with van der Waals surface area (Å²) in [6.07, 6.45) is 6.79. The minimum Gasteiger partial charge on any atom is -0.398 e. The van der Waals surface area contributed by atoms with Crippen LogP contribution in [-0.4, -0.2) is 23.3 Å². The lowest BCUT2D eigenvalue weighted by Crippen LogP contribution is -2.41. The van der Waals surface area contributed by atoms with E-state index in [9.17, 15) is 4.39 Å². The molecule has 5 heteroatoms. The first kappa shape index (κ1) is 15.7. The highest BCUT2D eigenvalue weighted by atomic mass is 19.1. The van der Waals surface area contributed by atoms with Gasteiger partial charge in [-0.1, -0.05) is 12.5 Å². The van der Waals surface area contributed by atoms with Crippen LogP contribution in [0.25, 0.3) is 6.08 Å². The third-order valence-electron chi connectivity index (χ3n) is 5.13. The average Bonchev–Trinajstić information content (AvgIpc) is 2.59. The van der Waals surface area contributed by atoms with Crippen LogP contribution in [0.2, 0.25) is 0 Å². The molecule has 0 amide bonds. The monoisotopic (exact) mass is 303 g/mol. The van der Waals surface area contributed by atoms with E-state index < -0.39 is 24.0 Å². The SMILES string of the molecule is CC1(C)OB(C(F)=Cc2cccnc2C2CCC2)OC1(C)C. The van der Waals surface area contributed by atoms with E-state index in [1.54, 1.807) is 6.20 Å². The Morgan fingerprint density at radius 1 is 1.27 bits per heavy atom. The van der Waals surface area contributed by atoms with Crippen LogP contribution in [-0.2, 0) is 9.31 Å². The van der Waals surface area contributed by atoms with Gasteiger partial charge in [-0.2, -0.15) is 0 Å². The normalized spacial score (nSPS) is 24.4. The summed E-state index contributed by atoms with van der Waals surface area (Å²) in [5.41, 5.74) is 0.357. The first-order valence-corrected chi connectivity index (χ1v) is 7.98. The largest absolute Gasteiger partial charge is 0.525 e. The van der Waals surface area contributed by atoms with E-state index in [0.29, 0.717) is 5.92 Å². The fourth-order valence-electron chi connectivity index (χ4n) is 2.75. The van der Waals surface area contributed by atoms with Crippen molar-refractivity contribution in [2.45, 2.75) is 64.1 Å². The van der Waals surface area contributed by atoms with Gasteiger partial charge in [0.2, 0.25) is 0 Å². The van der Waals surface area contributed by atoms with Gasteiger partial charge in [-0.3, -0.25) is 4.98 Å². The van der Waals surface area contributed by atoms with Gasteiger partial charge in [0, 0.05) is 12.1 Å². The van der Waals surface area contributed by atoms with Gasteiger partial charge in [0.25, 0.3) is 0 Å². The maximum absolute atomic E-state index is 14.6. The van der Waals surface area contributed by atoms with E-state index in [4.69, 9.17) is 9.31 Å². The summed E-state index contributed by atoms with van der Waals surface area (Å²) in [4.78, 5) is 4.44. The third kappa shape index (κ3) is 2.72. The highest BCUT2D eigenvalue weighted by molar-refractivity contribution is 6.54. The molecule has 3 rings (SSSR count). The number of halogens is 1. The van der Waals surface area contributed by atoms with Crippen LogP contribution < -0.4 is 0 Å². The van der Waals surface area contributed by atoms with Crippen LogP contribution in [0.1, 0.15) is 64.1 Å². The zero-order chi connectivity index (χ0) is 16.0. The van der Waals surface area contributed by atoms with E-state index in [-0.39, 0.29) is 0 Å². The number of aromatic nitrogens is 1. The summed E-state index contributed by atoms with van der Waals surface area (Å²) >= 11 is 0. The van der Waals surface area contributed by atoms with Gasteiger partial charge in [0.1, 0.15) is 5.73 Å². The molecule has 0 aromatic carbocycles. The smallest absolute Gasteiger partial charge is 0.398 e. The molecule has 1 aromatic heterocycles. The summed E-state index contributed by atoms with van der Waals surface area (Å²) in [5, 5.41) is 0. The van der Waals surface area contributed by atoms with E-state index >= 15 is 0 Å². The highest BCUT2D eigenvalue weighted by Gasteiger charge is 2.53. The minimum absolute atomic E-state index is 0.396. The molecule has 3 nitrogen and oxygen atoms in total. The highest BCUT2D eigenvalue weighted by Crippen LogP contribution is 2.40. The van der Waals surface area contributed by atoms with Crippen LogP contribution in [0.3, 0.4) is 0 Å². The molecule has 118 valence electrons. The maximum Gasteiger partial charge on any atom is 0.525 e. The number of nitrogens with zero attached hydrogens (tertiary/aromatic N) is 1. The lowest BCUT2D eigenvalue weighted by Gasteiger charge is -2.32. The van der Waals surface area contributed by atoms with Crippen LogP contribution in [0, 0.1) is 0 Å². The molecule has 0 atom stereocenters. The van der Waals surface area contributed by atoms with Gasteiger partial charge >= 0.3 is 7.12 Å². The fraction of sp³-hybridized carbons (Fsp3) is 0.588. The Bertz CT molecular complexity index is 580. The Balaban J connectivity index is 1.84. The lowest BCUT2D eigenvalue weighted by atomic mass is 9.80. The topological polar surface area (TPSA) is 31.4 Å². The molecule has 0 spiro atoms. The number of pyridine rings is 1. The summed E-state index contributed by atoms with van der Waals surface area (Å²) in [6.45, 7) is 7.68. The summed E-state index contributed by atoms with van der Waals surface area (Å²) in [5.74, 6) is 0.457. The van der Waals surface area contributed by atoms with Gasteiger partial charge in [-0.05, 0) is 58.2 Å². The van der Waals surface area contributed by atoms with Crippen molar-refractivity contribution in [3.8, 4) is 0 Å². The molecule has 1 aliphatic carbocycles. The quantitative estimate of drug-likeness (QED) is 0.781. The molecule has 2 heterocycles. The maximum atomic E-state index is 14.6. The molecule has 0 unspecified atom stereocenters. The minimum atomic E-state index is -0.945. The van der Waals surface area contributed by atoms with Gasteiger partial charge in [0.15, 0.2) is 0 Å². The van der Waals surface area contributed by atoms with Crippen molar-refractivity contribution in [3.63, 3.8) is 0 Å². The Morgan fingerprint density at radius 2 is 1.91 bits per heavy atom.